The third-order valence-corrected chi connectivity index (χ3v) is 0.810. The normalized spacial score (nSPS) is 13.8. The van der Waals surface area contributed by atoms with Crippen LogP contribution in [0.2, 0.25) is 0 Å². The van der Waals surface area contributed by atoms with Crippen molar-refractivity contribution in [3.63, 3.8) is 0 Å². The van der Waals surface area contributed by atoms with Crippen LogP contribution in [0.4, 0.5) is 35.1 Å². The van der Waals surface area contributed by atoms with Gasteiger partial charge in [0.15, 0.2) is 0 Å². The molecule has 0 aliphatic rings. The Kier molecular flexibility index (Phi) is 7.37. The van der Waals surface area contributed by atoms with E-state index in [1.807, 2.05) is 0 Å². The second-order valence-corrected chi connectivity index (χ2v) is 2.01. The molecular formula is C6H3ClF8. The maximum absolute atomic E-state index is 11.2. The molecule has 0 amide bonds. The highest BCUT2D eigenvalue weighted by Crippen LogP contribution is 2.26. The van der Waals surface area contributed by atoms with Crippen molar-refractivity contribution in [2.45, 2.75) is 12.4 Å². The van der Waals surface area contributed by atoms with Crippen LogP contribution in [0.1, 0.15) is 0 Å². The Morgan fingerprint density at radius 2 is 1.40 bits per heavy atom. The van der Waals surface area contributed by atoms with Crippen molar-refractivity contribution >= 4 is 11.6 Å². The molecule has 0 fully saturated rings. The van der Waals surface area contributed by atoms with E-state index in [2.05, 4.69) is 11.6 Å². The van der Waals surface area contributed by atoms with Crippen molar-refractivity contribution in [3.8, 4) is 0 Å². The lowest BCUT2D eigenvalue weighted by Crippen LogP contribution is -2.06. The lowest BCUT2D eigenvalue weighted by molar-refractivity contribution is -0.108. The number of hydrogen-bond donors (Lipinski definition) is 0. The molecule has 0 nitrogen and oxygen atoms in total. The molecule has 0 radical (unpaired) electrons. The summed E-state index contributed by atoms with van der Waals surface area (Å²) in [5.41, 5.74) is -0.153. The molecule has 0 rings (SSSR count). The third-order valence-electron chi connectivity index (χ3n) is 0.619. The van der Waals surface area contributed by atoms with Crippen LogP contribution in [0.15, 0.2) is 23.8 Å². The Balaban J connectivity index is 0. The van der Waals surface area contributed by atoms with Gasteiger partial charge in [-0.1, -0.05) is 11.6 Å². The minimum Gasteiger partial charge on any atom is -0.216 e. The lowest BCUT2D eigenvalue weighted by Gasteiger charge is -1.98. The highest BCUT2D eigenvalue weighted by Gasteiger charge is 2.34. The van der Waals surface area contributed by atoms with E-state index in [1.165, 1.54) is 0 Å². The standard InChI is InChI=1S/C3HClF4.C3H2F4/c4-1-2(5)3(6,7)8;4-2-1-3(5,6)7/h1H;1-2H/b;2-1+. The molecule has 0 aliphatic carbocycles. The van der Waals surface area contributed by atoms with Crippen molar-refractivity contribution < 1.29 is 35.1 Å². The van der Waals surface area contributed by atoms with Gasteiger partial charge in [-0.25, -0.2) is 8.78 Å². The van der Waals surface area contributed by atoms with Crippen LogP contribution in [0.3, 0.4) is 0 Å². The first kappa shape index (κ1) is 16.6. The maximum atomic E-state index is 11.2. The van der Waals surface area contributed by atoms with Crippen molar-refractivity contribution in [2.75, 3.05) is 0 Å². The van der Waals surface area contributed by atoms with E-state index in [4.69, 9.17) is 0 Å². The van der Waals surface area contributed by atoms with Gasteiger partial charge in [0.05, 0.1) is 6.33 Å². The van der Waals surface area contributed by atoms with Gasteiger partial charge in [0.25, 0.3) is 0 Å². The molecule has 9 heteroatoms. The van der Waals surface area contributed by atoms with E-state index in [0.29, 0.717) is 0 Å². The van der Waals surface area contributed by atoms with E-state index in [-0.39, 0.29) is 5.54 Å². The number of alkyl halides is 6. The molecule has 0 aromatic carbocycles. The number of halogens is 9. The van der Waals surface area contributed by atoms with E-state index >= 15 is 0 Å². The summed E-state index contributed by atoms with van der Waals surface area (Å²) in [4.78, 5) is 0. The fourth-order valence-corrected chi connectivity index (χ4v) is 0.257. The summed E-state index contributed by atoms with van der Waals surface area (Å²) in [7, 11) is 0. The molecule has 0 saturated carbocycles. The first-order valence-electron chi connectivity index (χ1n) is 2.92. The second kappa shape index (κ2) is 6.65. The Labute approximate surface area is 83.8 Å². The zero-order valence-corrected chi connectivity index (χ0v) is 7.39. The van der Waals surface area contributed by atoms with Crippen molar-refractivity contribution in [2.24, 2.45) is 0 Å². The molecule has 15 heavy (non-hydrogen) atoms. The summed E-state index contributed by atoms with van der Waals surface area (Å²) < 4.78 is 86.8. The van der Waals surface area contributed by atoms with Gasteiger partial charge < -0.3 is 0 Å². The maximum Gasteiger partial charge on any atom is 0.443 e. The minimum atomic E-state index is -4.93. The minimum absolute atomic E-state index is 0.153. The average Bonchev–Trinajstić information content (AvgIpc) is 2.00. The summed E-state index contributed by atoms with van der Waals surface area (Å²) in [5, 5.41) is 0. The van der Waals surface area contributed by atoms with Crippen molar-refractivity contribution in [1.82, 2.24) is 0 Å². The highest BCUT2D eigenvalue weighted by atomic mass is 35.5. The molecule has 0 saturated heterocycles. The molecule has 0 aromatic heterocycles. The molecule has 0 spiro atoms. The van der Waals surface area contributed by atoms with Crippen LogP contribution in [0.5, 0.6) is 0 Å². The summed E-state index contributed by atoms with van der Waals surface area (Å²) >= 11 is 4.38. The van der Waals surface area contributed by atoms with E-state index in [9.17, 15) is 35.1 Å². The monoisotopic (exact) mass is 262 g/mol. The number of allylic oxidation sites excluding steroid dienone is 2. The van der Waals surface area contributed by atoms with Gasteiger partial charge in [-0.3, -0.25) is 0 Å². The first-order chi connectivity index (χ1) is 6.54. The van der Waals surface area contributed by atoms with Crippen molar-refractivity contribution in [3.05, 3.63) is 23.8 Å². The Hall–Kier alpha value is -0.790. The fourth-order valence-electron chi connectivity index (χ4n) is 0.133. The second-order valence-electron chi connectivity index (χ2n) is 1.79. The molecule has 0 atom stereocenters. The Morgan fingerprint density at radius 1 is 1.00 bits per heavy atom. The van der Waals surface area contributed by atoms with Gasteiger partial charge >= 0.3 is 12.4 Å². The van der Waals surface area contributed by atoms with Gasteiger partial charge in [0.1, 0.15) is 0 Å². The SMILES string of the molecule is F/C=C/C(F)(F)F.FC(=CCl)C(F)(F)F. The fraction of sp³-hybridized carbons (Fsp3) is 0.333. The average molecular weight is 263 g/mol. The largest absolute Gasteiger partial charge is 0.443 e. The zero-order valence-electron chi connectivity index (χ0n) is 6.63. The topological polar surface area (TPSA) is 0 Å². The zero-order chi connectivity index (χ0) is 12.7. The Morgan fingerprint density at radius 3 is 1.40 bits per heavy atom. The van der Waals surface area contributed by atoms with E-state index < -0.39 is 30.6 Å². The third kappa shape index (κ3) is 13.2. The molecule has 0 aliphatic heterocycles. The van der Waals surface area contributed by atoms with E-state index in [0.717, 1.165) is 0 Å². The Bertz CT molecular complexity index is 222. The molecular weight excluding hydrogens is 260 g/mol. The predicted molar refractivity (Wildman–Crippen MR) is 37.4 cm³/mol. The molecule has 0 unspecified atom stereocenters. The number of hydrogen-bond acceptors (Lipinski definition) is 0. The van der Waals surface area contributed by atoms with Crippen LogP contribution >= 0.6 is 11.6 Å². The van der Waals surface area contributed by atoms with Crippen LogP contribution in [0, 0.1) is 0 Å². The van der Waals surface area contributed by atoms with Crippen LogP contribution in [0.25, 0.3) is 0 Å². The van der Waals surface area contributed by atoms with Gasteiger partial charge in [0, 0.05) is 11.6 Å². The lowest BCUT2D eigenvalue weighted by atomic mass is 10.6. The van der Waals surface area contributed by atoms with Gasteiger partial charge in [0.2, 0.25) is 5.83 Å². The predicted octanol–water partition coefficient (Wildman–Crippen LogP) is 4.63. The highest BCUT2D eigenvalue weighted by molar-refractivity contribution is 6.25. The van der Waals surface area contributed by atoms with E-state index in [1.54, 1.807) is 0 Å². The molecule has 0 bridgehead atoms. The van der Waals surface area contributed by atoms with Crippen LogP contribution in [-0.4, -0.2) is 12.4 Å². The quantitative estimate of drug-likeness (QED) is 0.558. The molecule has 0 N–H and O–H groups in total. The van der Waals surface area contributed by atoms with Gasteiger partial charge in [-0.2, -0.15) is 26.3 Å². The summed E-state index contributed by atoms with van der Waals surface area (Å²) in [6.45, 7) is 0. The van der Waals surface area contributed by atoms with Gasteiger partial charge in [-0.15, -0.1) is 0 Å². The van der Waals surface area contributed by atoms with Crippen LogP contribution in [-0.2, 0) is 0 Å². The summed E-state index contributed by atoms with van der Waals surface area (Å²) in [6.07, 6.45) is -10.5. The molecule has 90 valence electrons. The van der Waals surface area contributed by atoms with Crippen molar-refractivity contribution in [1.29, 1.82) is 0 Å². The molecule has 0 aromatic rings. The van der Waals surface area contributed by atoms with Crippen LogP contribution < -0.4 is 0 Å². The first-order valence-corrected chi connectivity index (χ1v) is 3.36. The number of rotatable bonds is 0. The molecule has 0 heterocycles. The summed E-state index contributed by atoms with van der Waals surface area (Å²) in [5.74, 6) is -2.28. The smallest absolute Gasteiger partial charge is 0.216 e. The van der Waals surface area contributed by atoms with Gasteiger partial charge in [-0.05, 0) is 0 Å². The summed E-state index contributed by atoms with van der Waals surface area (Å²) in [6, 6.07) is 0.